The van der Waals surface area contributed by atoms with E-state index >= 15 is 0 Å². The minimum Gasteiger partial charge on any atom is -0.506 e. The number of phenols is 1. The highest BCUT2D eigenvalue weighted by Gasteiger charge is 2.15. The zero-order valence-electron chi connectivity index (χ0n) is 16.7. The molecule has 4 aromatic rings. The Morgan fingerprint density at radius 1 is 1.16 bits per heavy atom. The molecule has 0 aliphatic rings. The average molecular weight is 472 g/mol. The summed E-state index contributed by atoms with van der Waals surface area (Å²) in [5.41, 5.74) is 2.07. The van der Waals surface area contributed by atoms with Gasteiger partial charge in [-0.2, -0.15) is 15.0 Å². The summed E-state index contributed by atoms with van der Waals surface area (Å²) < 4.78 is 16.6. The molecule has 1 atom stereocenters. The lowest BCUT2D eigenvalue weighted by molar-refractivity contribution is 0.464. The molecule has 11 nitrogen and oxygen atoms in total. The third kappa shape index (κ3) is 4.90. The van der Waals surface area contributed by atoms with E-state index in [9.17, 15) is 9.67 Å². The van der Waals surface area contributed by atoms with Gasteiger partial charge in [0.1, 0.15) is 22.5 Å². The summed E-state index contributed by atoms with van der Waals surface area (Å²) in [6.07, 6.45) is 1.67. The molecule has 0 saturated carbocycles. The Morgan fingerprint density at radius 3 is 2.72 bits per heavy atom. The summed E-state index contributed by atoms with van der Waals surface area (Å²) in [5, 5.41) is 25.1. The number of halogens is 1. The quantitative estimate of drug-likeness (QED) is 0.254. The van der Waals surface area contributed by atoms with Crippen LogP contribution in [0.1, 0.15) is 0 Å². The van der Waals surface area contributed by atoms with E-state index in [0.29, 0.717) is 35.0 Å². The molecule has 0 aliphatic carbocycles. The Hall–Kier alpha value is -3.82. The number of nitrogens with zero attached hydrogens (tertiary/aromatic N) is 6. The third-order valence-electron chi connectivity index (χ3n) is 4.05. The minimum atomic E-state index is -1.85. The number of fused-ring (bicyclic) bond motifs is 1. The number of phenolic OH excluding ortho intramolecular Hbond substituents is 1. The first kappa shape index (κ1) is 21.4. The van der Waals surface area contributed by atoms with Crippen LogP contribution in [0.2, 0.25) is 5.28 Å². The van der Waals surface area contributed by atoms with Gasteiger partial charge in [0, 0.05) is 18.3 Å². The molecule has 13 heteroatoms. The summed E-state index contributed by atoms with van der Waals surface area (Å²) in [6.45, 7) is 5.55. The second kappa shape index (κ2) is 9.13. The van der Waals surface area contributed by atoms with Crippen molar-refractivity contribution in [1.82, 2.24) is 29.9 Å². The maximum Gasteiger partial charge on any atom is 0.552 e. The van der Waals surface area contributed by atoms with E-state index in [0.717, 1.165) is 0 Å². The number of hydrogen-bond donors (Lipinski definition) is 3. The van der Waals surface area contributed by atoms with Crippen molar-refractivity contribution in [3.05, 3.63) is 54.3 Å². The summed E-state index contributed by atoms with van der Waals surface area (Å²) in [5.74, 6) is 0.838. The first-order valence-corrected chi connectivity index (χ1v) is 11.2. The van der Waals surface area contributed by atoms with Crippen LogP contribution in [0, 0.1) is 0 Å². The van der Waals surface area contributed by atoms with Crippen molar-refractivity contribution in [2.24, 2.45) is 0 Å². The van der Waals surface area contributed by atoms with E-state index in [1.807, 2.05) is 0 Å². The molecule has 0 bridgehead atoms. The zero-order valence-corrected chi connectivity index (χ0v) is 18.4. The standard InChI is InChI=1S/C19H16ClN8O3P/c1-3-8-21-18-23-17(20)24-19(25-18)22-11-4-6-13-14(9-11)27-28(26-13)15-10-12(31-32(2)30)5-7-16(15)29/h3-7,9-10H,1,8H2,2H3,(H2-,21,22,23,24,25,27,29)/p+1. The minimum absolute atomic E-state index is 0.0347. The summed E-state index contributed by atoms with van der Waals surface area (Å²) in [6, 6.07) is 9.71. The topological polar surface area (TPSA) is 140 Å². The van der Waals surface area contributed by atoms with Gasteiger partial charge in [-0.3, -0.25) is 4.52 Å². The SMILES string of the molecule is C=CCNc1nc(Cl)nc(Nc2ccc3nn(-c4cc(O[P+](C)=O)ccc4O)nc3c2)n1. The van der Waals surface area contributed by atoms with E-state index in [-0.39, 0.29) is 22.7 Å². The highest BCUT2D eigenvalue weighted by molar-refractivity contribution is 7.38. The molecular weight excluding hydrogens is 455 g/mol. The molecule has 0 fully saturated rings. The van der Waals surface area contributed by atoms with Gasteiger partial charge in [0.05, 0.1) is 0 Å². The second-order valence-electron chi connectivity index (χ2n) is 6.42. The Bertz CT molecular complexity index is 1330. The zero-order chi connectivity index (χ0) is 22.7. The normalized spacial score (nSPS) is 11.2. The number of aromatic nitrogens is 6. The van der Waals surface area contributed by atoms with Crippen molar-refractivity contribution < 1.29 is 14.2 Å². The first-order valence-electron chi connectivity index (χ1n) is 9.24. The summed E-state index contributed by atoms with van der Waals surface area (Å²) in [4.78, 5) is 13.6. The van der Waals surface area contributed by atoms with Crippen LogP contribution < -0.4 is 15.2 Å². The molecule has 0 spiro atoms. The maximum absolute atomic E-state index is 11.4. The number of benzene rings is 2. The van der Waals surface area contributed by atoms with Crippen molar-refractivity contribution in [3.63, 3.8) is 0 Å². The van der Waals surface area contributed by atoms with E-state index in [4.69, 9.17) is 16.1 Å². The smallest absolute Gasteiger partial charge is 0.506 e. The maximum atomic E-state index is 11.4. The fourth-order valence-corrected chi connectivity index (χ4v) is 3.32. The van der Waals surface area contributed by atoms with Crippen molar-refractivity contribution in [3.8, 4) is 17.2 Å². The van der Waals surface area contributed by atoms with Crippen molar-refractivity contribution in [2.45, 2.75) is 0 Å². The number of rotatable bonds is 8. The molecule has 0 saturated heterocycles. The van der Waals surface area contributed by atoms with Gasteiger partial charge in [-0.25, -0.2) is 0 Å². The molecule has 2 heterocycles. The second-order valence-corrected chi connectivity index (χ2v) is 7.82. The Balaban J connectivity index is 1.62. The molecule has 32 heavy (non-hydrogen) atoms. The molecular formula is C19H17ClN8O3P+. The van der Waals surface area contributed by atoms with E-state index in [1.165, 1.54) is 29.7 Å². The van der Waals surface area contributed by atoms with Gasteiger partial charge in [-0.1, -0.05) is 6.08 Å². The number of hydrogen-bond acceptors (Lipinski definition) is 10. The fraction of sp³-hybridized carbons (Fsp3) is 0.105. The highest BCUT2D eigenvalue weighted by Crippen LogP contribution is 2.31. The van der Waals surface area contributed by atoms with Gasteiger partial charge in [-0.15, -0.1) is 21.6 Å². The van der Waals surface area contributed by atoms with Gasteiger partial charge in [0.25, 0.3) is 0 Å². The van der Waals surface area contributed by atoms with Crippen molar-refractivity contribution in [1.29, 1.82) is 0 Å². The van der Waals surface area contributed by atoms with Gasteiger partial charge >= 0.3 is 8.03 Å². The van der Waals surface area contributed by atoms with Gasteiger partial charge in [-0.05, 0) is 46.5 Å². The number of nitrogens with one attached hydrogen (secondary N) is 2. The largest absolute Gasteiger partial charge is 0.552 e. The Kier molecular flexibility index (Phi) is 6.11. The molecule has 0 radical (unpaired) electrons. The van der Waals surface area contributed by atoms with Gasteiger partial charge < -0.3 is 15.7 Å². The summed E-state index contributed by atoms with van der Waals surface area (Å²) >= 11 is 5.97. The first-order chi connectivity index (χ1) is 15.4. The van der Waals surface area contributed by atoms with Crippen LogP contribution in [0.5, 0.6) is 11.5 Å². The van der Waals surface area contributed by atoms with Crippen molar-refractivity contribution in [2.75, 3.05) is 23.8 Å². The number of anilines is 3. The lowest BCUT2D eigenvalue weighted by atomic mass is 10.3. The third-order valence-corrected chi connectivity index (χ3v) is 4.68. The number of aromatic hydroxyl groups is 1. The predicted octanol–water partition coefficient (Wildman–Crippen LogP) is 4.06. The van der Waals surface area contributed by atoms with Crippen LogP contribution in [-0.4, -0.2) is 48.3 Å². The molecule has 2 aromatic carbocycles. The van der Waals surface area contributed by atoms with Crippen LogP contribution in [0.3, 0.4) is 0 Å². The average Bonchev–Trinajstić information content (AvgIpc) is 3.16. The van der Waals surface area contributed by atoms with E-state index < -0.39 is 8.03 Å². The molecule has 162 valence electrons. The lowest BCUT2D eigenvalue weighted by Crippen LogP contribution is -2.07. The van der Waals surface area contributed by atoms with Gasteiger partial charge in [0.15, 0.2) is 12.4 Å². The van der Waals surface area contributed by atoms with Crippen LogP contribution in [-0.2, 0) is 4.57 Å². The Labute approximate surface area is 188 Å². The predicted molar refractivity (Wildman–Crippen MR) is 121 cm³/mol. The molecule has 0 aliphatic heterocycles. The Morgan fingerprint density at radius 2 is 1.94 bits per heavy atom. The monoisotopic (exact) mass is 471 g/mol. The van der Waals surface area contributed by atoms with Crippen LogP contribution in [0.15, 0.2) is 49.1 Å². The summed E-state index contributed by atoms with van der Waals surface area (Å²) in [7, 11) is -1.85. The van der Waals surface area contributed by atoms with Gasteiger partial charge in [0.2, 0.25) is 17.2 Å². The van der Waals surface area contributed by atoms with Crippen LogP contribution in [0.4, 0.5) is 17.6 Å². The molecule has 2 aromatic heterocycles. The molecule has 3 N–H and O–H groups in total. The molecule has 4 rings (SSSR count). The molecule has 1 unspecified atom stereocenters. The van der Waals surface area contributed by atoms with Crippen LogP contribution in [0.25, 0.3) is 16.7 Å². The lowest BCUT2D eigenvalue weighted by Gasteiger charge is -2.07. The highest BCUT2D eigenvalue weighted by atomic mass is 35.5. The van der Waals surface area contributed by atoms with Crippen LogP contribution >= 0.6 is 19.6 Å². The van der Waals surface area contributed by atoms with Crippen molar-refractivity contribution >= 4 is 48.2 Å². The molecule has 0 amide bonds. The van der Waals surface area contributed by atoms with E-state index in [1.54, 1.807) is 24.3 Å². The van der Waals surface area contributed by atoms with E-state index in [2.05, 4.69) is 42.4 Å². The fourth-order valence-electron chi connectivity index (χ4n) is 2.75.